The minimum Gasteiger partial charge on any atom is -0.450 e. The number of rotatable bonds is 6. The van der Waals surface area contributed by atoms with Crippen LogP contribution in [-0.4, -0.2) is 27.6 Å². The molecule has 0 radical (unpaired) electrons. The normalized spacial score (nSPS) is 10.5. The molecule has 7 nitrogen and oxygen atoms in total. The summed E-state index contributed by atoms with van der Waals surface area (Å²) in [6.07, 6.45) is -0.527. The van der Waals surface area contributed by atoms with Gasteiger partial charge in [0.15, 0.2) is 0 Å². The van der Waals surface area contributed by atoms with E-state index in [1.807, 2.05) is 30.3 Å². The Bertz CT molecular complexity index is 1030. The largest absolute Gasteiger partial charge is 0.450 e. The number of aromatic nitrogens is 2. The number of amides is 1. The quantitative estimate of drug-likeness (QED) is 0.687. The van der Waals surface area contributed by atoms with E-state index in [1.54, 1.807) is 31.2 Å². The second kappa shape index (κ2) is 8.96. The molecule has 3 aromatic rings. The molecular formula is C21H21N3O4. The number of benzene rings is 2. The lowest BCUT2D eigenvalue weighted by Gasteiger charge is -2.10. The monoisotopic (exact) mass is 379 g/mol. The van der Waals surface area contributed by atoms with Crippen molar-refractivity contribution in [2.45, 2.75) is 20.1 Å². The van der Waals surface area contributed by atoms with Crippen LogP contribution in [0.2, 0.25) is 0 Å². The second-order valence-electron chi connectivity index (χ2n) is 6.12. The van der Waals surface area contributed by atoms with Gasteiger partial charge >= 0.3 is 6.09 Å². The van der Waals surface area contributed by atoms with Gasteiger partial charge in [0.2, 0.25) is 0 Å². The lowest BCUT2D eigenvalue weighted by Crippen LogP contribution is -2.23. The van der Waals surface area contributed by atoms with Crippen molar-refractivity contribution in [2.24, 2.45) is 0 Å². The molecule has 144 valence electrons. The molecule has 1 aromatic heterocycles. The molecule has 0 atom stereocenters. The van der Waals surface area contributed by atoms with Crippen molar-refractivity contribution in [3.63, 3.8) is 0 Å². The Hall–Kier alpha value is -3.45. The molecule has 0 fully saturated rings. The molecule has 3 rings (SSSR count). The van der Waals surface area contributed by atoms with Gasteiger partial charge in [-0.1, -0.05) is 30.3 Å². The van der Waals surface area contributed by atoms with Gasteiger partial charge in [-0.25, -0.2) is 9.48 Å². The Balaban J connectivity index is 1.84. The van der Waals surface area contributed by atoms with Gasteiger partial charge in [-0.2, -0.15) is 5.10 Å². The predicted molar refractivity (Wildman–Crippen MR) is 106 cm³/mol. The molecule has 0 aliphatic carbocycles. The van der Waals surface area contributed by atoms with E-state index >= 15 is 0 Å². The van der Waals surface area contributed by atoms with Gasteiger partial charge in [-0.15, -0.1) is 0 Å². The van der Waals surface area contributed by atoms with Crippen LogP contribution < -0.4 is 10.9 Å². The van der Waals surface area contributed by atoms with E-state index in [4.69, 9.17) is 4.74 Å². The van der Waals surface area contributed by atoms with Crippen molar-refractivity contribution in [1.29, 1.82) is 0 Å². The number of ether oxygens (including phenoxy) is 1. The van der Waals surface area contributed by atoms with Gasteiger partial charge in [0, 0.05) is 17.3 Å². The minimum absolute atomic E-state index is 0.0618. The number of carbonyl (C=O) groups is 1. The predicted octanol–water partition coefficient (Wildman–Crippen LogP) is 3.02. The van der Waals surface area contributed by atoms with Crippen molar-refractivity contribution < 1.29 is 14.6 Å². The Morgan fingerprint density at radius 2 is 1.89 bits per heavy atom. The zero-order valence-corrected chi connectivity index (χ0v) is 15.5. The highest BCUT2D eigenvalue weighted by atomic mass is 16.5. The Morgan fingerprint density at radius 3 is 2.68 bits per heavy atom. The zero-order chi connectivity index (χ0) is 19.9. The minimum atomic E-state index is -0.527. The van der Waals surface area contributed by atoms with E-state index < -0.39 is 6.09 Å². The van der Waals surface area contributed by atoms with E-state index in [1.165, 1.54) is 10.7 Å². The summed E-state index contributed by atoms with van der Waals surface area (Å²) in [5, 5.41) is 16.4. The Kier molecular flexibility index (Phi) is 6.18. The second-order valence-corrected chi connectivity index (χ2v) is 6.12. The van der Waals surface area contributed by atoms with E-state index in [9.17, 15) is 14.7 Å². The first kappa shape index (κ1) is 19.3. The van der Waals surface area contributed by atoms with Crippen LogP contribution in [0.4, 0.5) is 10.5 Å². The highest BCUT2D eigenvalue weighted by Crippen LogP contribution is 2.18. The Labute approximate surface area is 162 Å². The molecule has 0 aliphatic heterocycles. The highest BCUT2D eigenvalue weighted by molar-refractivity contribution is 5.84. The number of aliphatic hydroxyl groups excluding tert-OH is 1. The van der Waals surface area contributed by atoms with Gasteiger partial charge in [0.25, 0.3) is 5.56 Å². The van der Waals surface area contributed by atoms with Crippen molar-refractivity contribution in [3.8, 4) is 11.3 Å². The number of nitrogens with one attached hydrogen (secondary N) is 1. The molecule has 0 spiro atoms. The number of nitrogens with zero attached hydrogens (tertiary/aromatic N) is 2. The lowest BCUT2D eigenvalue weighted by molar-refractivity contribution is 0.168. The molecule has 0 bridgehead atoms. The van der Waals surface area contributed by atoms with Crippen LogP contribution in [0.15, 0.2) is 65.5 Å². The molecule has 0 saturated carbocycles. The summed E-state index contributed by atoms with van der Waals surface area (Å²) < 4.78 is 6.24. The number of hydrogen-bond acceptors (Lipinski definition) is 5. The summed E-state index contributed by atoms with van der Waals surface area (Å²) in [5.74, 6) is 0. The highest BCUT2D eigenvalue weighted by Gasteiger charge is 2.07. The van der Waals surface area contributed by atoms with Crippen LogP contribution in [0.3, 0.4) is 0 Å². The molecule has 28 heavy (non-hydrogen) atoms. The van der Waals surface area contributed by atoms with Gasteiger partial charge in [0.05, 0.1) is 25.5 Å². The van der Waals surface area contributed by atoms with E-state index in [-0.39, 0.29) is 25.3 Å². The number of anilines is 1. The first-order valence-electron chi connectivity index (χ1n) is 8.90. The fraction of sp³-hybridized carbons (Fsp3) is 0.190. The average Bonchev–Trinajstić information content (AvgIpc) is 2.70. The van der Waals surface area contributed by atoms with E-state index in [0.29, 0.717) is 11.4 Å². The van der Waals surface area contributed by atoms with E-state index in [0.717, 1.165) is 16.7 Å². The molecule has 0 aliphatic rings. The van der Waals surface area contributed by atoms with Crippen molar-refractivity contribution in [2.75, 3.05) is 11.9 Å². The molecule has 0 unspecified atom stereocenters. The van der Waals surface area contributed by atoms with Crippen molar-refractivity contribution in [3.05, 3.63) is 82.1 Å². The van der Waals surface area contributed by atoms with Crippen LogP contribution in [0, 0.1) is 0 Å². The summed E-state index contributed by atoms with van der Waals surface area (Å²) >= 11 is 0. The number of carbonyl (C=O) groups excluding carboxylic acids is 1. The lowest BCUT2D eigenvalue weighted by atomic mass is 10.1. The first-order chi connectivity index (χ1) is 13.6. The third-order valence-electron chi connectivity index (χ3n) is 4.05. The molecule has 1 amide bonds. The third-order valence-corrected chi connectivity index (χ3v) is 4.05. The maximum atomic E-state index is 12.2. The van der Waals surface area contributed by atoms with E-state index in [2.05, 4.69) is 10.4 Å². The summed E-state index contributed by atoms with van der Waals surface area (Å²) in [6.45, 7) is 2.21. The zero-order valence-electron chi connectivity index (χ0n) is 15.5. The number of aliphatic hydroxyl groups is 1. The topological polar surface area (TPSA) is 93.4 Å². The first-order valence-corrected chi connectivity index (χ1v) is 8.90. The van der Waals surface area contributed by atoms with Crippen LogP contribution in [0.1, 0.15) is 18.1 Å². The maximum Gasteiger partial charge on any atom is 0.411 e. The average molecular weight is 379 g/mol. The van der Waals surface area contributed by atoms with Crippen molar-refractivity contribution in [1.82, 2.24) is 9.78 Å². The standard InChI is InChI=1S/C21H21N3O4/c1-2-28-21(27)22-18-8-4-5-15(12-18)13-24-20(26)10-9-19(23-24)17-7-3-6-16(11-17)14-25/h3-12,25H,2,13-14H2,1H3,(H,22,27). The number of hydrogen-bond donors (Lipinski definition) is 2. The Morgan fingerprint density at radius 1 is 1.11 bits per heavy atom. The molecule has 1 heterocycles. The smallest absolute Gasteiger partial charge is 0.411 e. The van der Waals surface area contributed by atoms with Crippen molar-refractivity contribution >= 4 is 11.8 Å². The van der Waals surface area contributed by atoms with Crippen LogP contribution in [0.5, 0.6) is 0 Å². The molecule has 2 aromatic carbocycles. The fourth-order valence-electron chi connectivity index (χ4n) is 2.75. The summed E-state index contributed by atoms with van der Waals surface area (Å²) in [4.78, 5) is 23.8. The maximum absolute atomic E-state index is 12.2. The SMILES string of the molecule is CCOC(=O)Nc1cccc(Cn2nc(-c3cccc(CO)c3)ccc2=O)c1. The summed E-state index contributed by atoms with van der Waals surface area (Å²) in [6, 6.07) is 17.6. The van der Waals surface area contributed by atoms with Crippen LogP contribution >= 0.6 is 0 Å². The summed E-state index contributed by atoms with van der Waals surface area (Å²) in [5.41, 5.74) is 3.38. The van der Waals surface area contributed by atoms with Gasteiger partial charge in [-0.05, 0) is 42.3 Å². The summed E-state index contributed by atoms with van der Waals surface area (Å²) in [7, 11) is 0. The molecule has 2 N–H and O–H groups in total. The molecule has 7 heteroatoms. The van der Waals surface area contributed by atoms with Gasteiger partial charge < -0.3 is 9.84 Å². The van der Waals surface area contributed by atoms with Crippen LogP contribution in [-0.2, 0) is 17.9 Å². The van der Waals surface area contributed by atoms with Gasteiger partial charge in [0.1, 0.15) is 0 Å². The third kappa shape index (κ3) is 4.83. The van der Waals surface area contributed by atoms with Crippen LogP contribution in [0.25, 0.3) is 11.3 Å². The molecule has 0 saturated heterocycles. The molecular weight excluding hydrogens is 358 g/mol. The van der Waals surface area contributed by atoms with Gasteiger partial charge in [-0.3, -0.25) is 10.1 Å². The fourth-order valence-corrected chi connectivity index (χ4v) is 2.75.